The number of hydrogen-bond donors (Lipinski definition) is 1. The van der Waals surface area contributed by atoms with Crippen LogP contribution in [-0.4, -0.2) is 44.0 Å². The molecule has 1 atom stereocenters. The van der Waals surface area contributed by atoms with E-state index in [0.29, 0.717) is 10.0 Å². The number of likely N-dealkylation sites (N-methyl/N-ethyl adjacent to an activating group) is 1. The van der Waals surface area contributed by atoms with Gasteiger partial charge in [-0.1, -0.05) is 23.2 Å². The van der Waals surface area contributed by atoms with Gasteiger partial charge in [0, 0.05) is 47.6 Å². The van der Waals surface area contributed by atoms with Crippen molar-refractivity contribution in [1.29, 1.82) is 0 Å². The number of anilines is 2. The zero-order valence-electron chi connectivity index (χ0n) is 14.9. The van der Waals surface area contributed by atoms with Crippen LogP contribution in [0.3, 0.4) is 0 Å². The van der Waals surface area contributed by atoms with E-state index in [0.717, 1.165) is 48.7 Å². The molecule has 0 aliphatic carbocycles. The van der Waals surface area contributed by atoms with Crippen LogP contribution in [0, 0.1) is 0 Å². The Morgan fingerprint density at radius 1 is 1.00 bits per heavy atom. The Labute approximate surface area is 163 Å². The summed E-state index contributed by atoms with van der Waals surface area (Å²) in [4.78, 5) is 17.6. The lowest BCUT2D eigenvalue weighted by Crippen LogP contribution is -2.44. The summed E-state index contributed by atoms with van der Waals surface area (Å²) in [5.41, 5.74) is 2.71. The van der Waals surface area contributed by atoms with E-state index >= 15 is 0 Å². The largest absolute Gasteiger partial charge is 0.369 e. The first-order chi connectivity index (χ1) is 12.4. The molecule has 2 aromatic rings. The zero-order chi connectivity index (χ0) is 18.5. The van der Waals surface area contributed by atoms with E-state index in [-0.39, 0.29) is 5.91 Å². The van der Waals surface area contributed by atoms with Gasteiger partial charge in [-0.05, 0) is 61.5 Å². The molecule has 1 saturated heterocycles. The maximum atomic E-state index is 12.9. The van der Waals surface area contributed by atoms with Crippen LogP contribution in [0.5, 0.6) is 0 Å². The smallest absolute Gasteiger partial charge is 0.239 e. The van der Waals surface area contributed by atoms with Crippen molar-refractivity contribution in [2.75, 3.05) is 43.4 Å². The highest BCUT2D eigenvalue weighted by Crippen LogP contribution is 2.46. The van der Waals surface area contributed by atoms with Crippen molar-refractivity contribution in [2.45, 2.75) is 12.3 Å². The molecule has 2 aliphatic rings. The molecule has 0 radical (unpaired) electrons. The van der Waals surface area contributed by atoms with E-state index in [1.807, 2.05) is 31.2 Å². The Kier molecular flexibility index (Phi) is 4.38. The van der Waals surface area contributed by atoms with E-state index in [9.17, 15) is 4.79 Å². The Bertz CT molecular complexity index is 877. The number of rotatable bonds is 2. The van der Waals surface area contributed by atoms with Gasteiger partial charge in [0.05, 0.1) is 5.41 Å². The van der Waals surface area contributed by atoms with Crippen molar-refractivity contribution in [3.8, 4) is 0 Å². The molecule has 4 nitrogen and oxygen atoms in total. The first kappa shape index (κ1) is 17.7. The number of nitrogens with zero attached hydrogens (tertiary/aromatic N) is 2. The Balaban J connectivity index is 1.79. The number of carbonyl (C=O) groups is 1. The summed E-state index contributed by atoms with van der Waals surface area (Å²) in [5, 5.41) is 4.17. The zero-order valence-corrected chi connectivity index (χ0v) is 16.4. The number of nitrogens with one attached hydrogen (secondary N) is 1. The topological polar surface area (TPSA) is 35.6 Å². The second-order valence-electron chi connectivity index (χ2n) is 7.22. The van der Waals surface area contributed by atoms with Gasteiger partial charge in [0.1, 0.15) is 0 Å². The van der Waals surface area contributed by atoms with Gasteiger partial charge < -0.3 is 15.1 Å². The predicted octanol–water partition coefficient (Wildman–Crippen LogP) is 4.00. The molecule has 26 heavy (non-hydrogen) atoms. The van der Waals surface area contributed by atoms with Crippen LogP contribution in [0.15, 0.2) is 36.4 Å². The average molecular weight is 390 g/mol. The fourth-order valence-electron chi connectivity index (χ4n) is 3.83. The summed E-state index contributed by atoms with van der Waals surface area (Å²) >= 11 is 12.8. The van der Waals surface area contributed by atoms with E-state index in [2.05, 4.69) is 28.2 Å². The number of carbonyl (C=O) groups excluding carboxylic acids is 1. The fourth-order valence-corrected chi connectivity index (χ4v) is 4.31. The minimum absolute atomic E-state index is 0.0767. The normalized spacial score (nSPS) is 23.1. The first-order valence-corrected chi connectivity index (χ1v) is 9.50. The highest BCUT2D eigenvalue weighted by molar-refractivity contribution is 6.32. The molecule has 2 aliphatic heterocycles. The maximum Gasteiger partial charge on any atom is 0.239 e. The summed E-state index contributed by atoms with van der Waals surface area (Å²) in [7, 11) is 2.13. The first-order valence-electron chi connectivity index (χ1n) is 8.74. The molecule has 1 N–H and O–H groups in total. The van der Waals surface area contributed by atoms with E-state index in [4.69, 9.17) is 23.2 Å². The second kappa shape index (κ2) is 6.45. The van der Waals surface area contributed by atoms with Crippen molar-refractivity contribution < 1.29 is 4.79 Å². The van der Waals surface area contributed by atoms with Gasteiger partial charge in [-0.15, -0.1) is 0 Å². The lowest BCUT2D eigenvalue weighted by Gasteiger charge is -2.35. The molecular formula is C20H21Cl2N3O. The fraction of sp³-hybridized carbons (Fsp3) is 0.350. The molecule has 6 heteroatoms. The van der Waals surface area contributed by atoms with Crippen molar-refractivity contribution in [3.05, 3.63) is 57.6 Å². The molecule has 1 unspecified atom stereocenters. The molecule has 2 heterocycles. The van der Waals surface area contributed by atoms with Gasteiger partial charge in [0.2, 0.25) is 5.91 Å². The molecular weight excluding hydrogens is 369 g/mol. The molecule has 1 fully saturated rings. The third-order valence-corrected chi connectivity index (χ3v) is 6.14. The van der Waals surface area contributed by atoms with E-state index in [1.54, 1.807) is 6.07 Å². The van der Waals surface area contributed by atoms with Crippen LogP contribution >= 0.6 is 23.2 Å². The van der Waals surface area contributed by atoms with Crippen molar-refractivity contribution in [3.63, 3.8) is 0 Å². The third kappa shape index (κ3) is 2.77. The van der Waals surface area contributed by atoms with Gasteiger partial charge in [-0.3, -0.25) is 4.79 Å². The van der Waals surface area contributed by atoms with Crippen LogP contribution < -0.4 is 10.2 Å². The van der Waals surface area contributed by atoms with Crippen molar-refractivity contribution >= 4 is 40.5 Å². The molecule has 0 saturated carbocycles. The van der Waals surface area contributed by atoms with E-state index < -0.39 is 5.41 Å². The van der Waals surface area contributed by atoms with Gasteiger partial charge in [-0.2, -0.15) is 0 Å². The highest BCUT2D eigenvalue weighted by Gasteiger charge is 2.45. The molecule has 0 bridgehead atoms. The number of fused-ring (bicyclic) bond motifs is 1. The average Bonchev–Trinajstić information content (AvgIpc) is 2.88. The molecule has 0 aromatic heterocycles. The summed E-state index contributed by atoms with van der Waals surface area (Å²) in [6.45, 7) is 5.88. The Morgan fingerprint density at radius 3 is 2.46 bits per heavy atom. The molecule has 1 amide bonds. The van der Waals surface area contributed by atoms with Crippen LogP contribution in [0.4, 0.5) is 11.4 Å². The molecule has 0 spiro atoms. The Hall–Kier alpha value is -1.75. The van der Waals surface area contributed by atoms with Gasteiger partial charge >= 0.3 is 0 Å². The highest BCUT2D eigenvalue weighted by atomic mass is 35.5. The number of hydrogen-bond acceptors (Lipinski definition) is 3. The molecule has 4 rings (SSSR count). The van der Waals surface area contributed by atoms with Gasteiger partial charge in [0.25, 0.3) is 0 Å². The standard InChI is InChI=1S/C20H21Cl2N3O/c1-20(16-11-13(21)3-6-18(16)23-19(20)26)15-12-14(4-5-17(15)22)25-9-7-24(2)8-10-25/h3-6,11-12H,7-10H2,1-2H3,(H,23,26). The van der Waals surface area contributed by atoms with Crippen molar-refractivity contribution in [1.82, 2.24) is 4.90 Å². The summed E-state index contributed by atoms with van der Waals surface area (Å²) in [6, 6.07) is 11.5. The van der Waals surface area contributed by atoms with Crippen molar-refractivity contribution in [2.24, 2.45) is 0 Å². The Morgan fingerprint density at radius 2 is 1.73 bits per heavy atom. The van der Waals surface area contributed by atoms with Crippen LogP contribution in [0.1, 0.15) is 18.1 Å². The quantitative estimate of drug-likeness (QED) is 0.842. The minimum atomic E-state index is -0.861. The number of piperazine rings is 1. The van der Waals surface area contributed by atoms with Crippen LogP contribution in [0.25, 0.3) is 0 Å². The monoisotopic (exact) mass is 389 g/mol. The van der Waals surface area contributed by atoms with Gasteiger partial charge in [0.15, 0.2) is 0 Å². The predicted molar refractivity (Wildman–Crippen MR) is 108 cm³/mol. The third-order valence-electron chi connectivity index (χ3n) is 5.58. The molecule has 2 aromatic carbocycles. The molecule has 136 valence electrons. The van der Waals surface area contributed by atoms with Gasteiger partial charge in [-0.25, -0.2) is 0 Å². The minimum Gasteiger partial charge on any atom is -0.369 e. The maximum absolute atomic E-state index is 12.9. The van der Waals surface area contributed by atoms with Crippen LogP contribution in [-0.2, 0) is 10.2 Å². The SMILES string of the molecule is CN1CCN(c2ccc(Cl)c(C3(C)C(=O)Nc4ccc(Cl)cc43)c2)CC1. The lowest BCUT2D eigenvalue weighted by molar-refractivity contribution is -0.119. The number of halogens is 2. The van der Waals surface area contributed by atoms with E-state index in [1.165, 1.54) is 0 Å². The van der Waals surface area contributed by atoms with Crippen LogP contribution in [0.2, 0.25) is 10.0 Å². The lowest BCUT2D eigenvalue weighted by atomic mass is 9.77. The second-order valence-corrected chi connectivity index (χ2v) is 8.07. The summed E-state index contributed by atoms with van der Waals surface area (Å²) in [6.07, 6.45) is 0. The summed E-state index contributed by atoms with van der Waals surface area (Å²) < 4.78 is 0. The number of benzene rings is 2. The summed E-state index contributed by atoms with van der Waals surface area (Å²) in [5.74, 6) is -0.0767. The number of amides is 1.